The van der Waals surface area contributed by atoms with Crippen LogP contribution >= 0.6 is 0 Å². The van der Waals surface area contributed by atoms with E-state index in [0.29, 0.717) is 18.6 Å². The number of ether oxygens (including phenoxy) is 1. The minimum absolute atomic E-state index is 0.00388. The fraction of sp³-hybridized carbons (Fsp3) is 0.312. The Morgan fingerprint density at radius 2 is 2.00 bits per heavy atom. The van der Waals surface area contributed by atoms with E-state index < -0.39 is 6.10 Å². The quantitative estimate of drug-likeness (QED) is 0.586. The molecule has 0 N–H and O–H groups in total. The van der Waals surface area contributed by atoms with Crippen LogP contribution in [0.1, 0.15) is 25.8 Å². The number of ketones is 1. The maximum atomic E-state index is 11.6. The van der Waals surface area contributed by atoms with Gasteiger partial charge >= 0.3 is 0 Å². The first-order chi connectivity index (χ1) is 8.69. The van der Waals surface area contributed by atoms with Crippen molar-refractivity contribution >= 4 is 5.78 Å². The molecule has 0 aliphatic rings. The lowest BCUT2D eigenvalue weighted by Gasteiger charge is -2.12. The summed E-state index contributed by atoms with van der Waals surface area (Å²) >= 11 is 0. The van der Waals surface area contributed by atoms with Crippen LogP contribution < -0.4 is 0 Å². The van der Waals surface area contributed by atoms with Crippen LogP contribution in [0.4, 0.5) is 0 Å². The van der Waals surface area contributed by atoms with E-state index in [1.807, 2.05) is 37.3 Å². The molecular formula is C16H18O2. The van der Waals surface area contributed by atoms with E-state index in [0.717, 1.165) is 5.56 Å². The molecule has 0 amide bonds. The molecular weight excluding hydrogens is 224 g/mol. The van der Waals surface area contributed by atoms with Gasteiger partial charge in [-0.15, -0.1) is 0 Å². The fourth-order valence-corrected chi connectivity index (χ4v) is 1.44. The third-order valence-electron chi connectivity index (χ3n) is 2.45. The fourth-order valence-electron chi connectivity index (χ4n) is 1.44. The molecule has 0 aliphatic heterocycles. The van der Waals surface area contributed by atoms with Crippen molar-refractivity contribution in [3.8, 4) is 11.8 Å². The van der Waals surface area contributed by atoms with Crippen LogP contribution in [0.25, 0.3) is 0 Å². The second kappa shape index (κ2) is 7.47. The molecule has 1 aromatic carbocycles. The molecule has 2 nitrogen and oxygen atoms in total. The molecule has 0 fully saturated rings. The van der Waals surface area contributed by atoms with Gasteiger partial charge in [-0.1, -0.05) is 43.5 Å². The zero-order chi connectivity index (χ0) is 13.4. The van der Waals surface area contributed by atoms with Gasteiger partial charge in [0.25, 0.3) is 0 Å². The van der Waals surface area contributed by atoms with Crippen LogP contribution in [0.15, 0.2) is 42.5 Å². The summed E-state index contributed by atoms with van der Waals surface area (Å²) in [5, 5.41) is 0. The summed E-state index contributed by atoms with van der Waals surface area (Å²) in [5.74, 6) is 5.96. The highest BCUT2D eigenvalue weighted by atomic mass is 16.5. The topological polar surface area (TPSA) is 26.3 Å². The highest BCUT2D eigenvalue weighted by Crippen LogP contribution is 2.08. The van der Waals surface area contributed by atoms with Crippen molar-refractivity contribution in [2.45, 2.75) is 26.4 Å². The summed E-state index contributed by atoms with van der Waals surface area (Å²) < 4.78 is 5.45. The van der Waals surface area contributed by atoms with Crippen molar-refractivity contribution < 1.29 is 9.53 Å². The number of carbonyl (C=O) groups excluding carboxylic acids is 1. The van der Waals surface area contributed by atoms with Gasteiger partial charge in [-0.25, -0.2) is 0 Å². The van der Waals surface area contributed by atoms with Crippen molar-refractivity contribution in [3.63, 3.8) is 0 Å². The smallest absolute Gasteiger partial charge is 0.161 e. The summed E-state index contributed by atoms with van der Waals surface area (Å²) in [6.45, 7) is 7.97. The molecule has 1 aromatic rings. The van der Waals surface area contributed by atoms with E-state index in [4.69, 9.17) is 4.74 Å². The zero-order valence-corrected chi connectivity index (χ0v) is 10.9. The molecule has 2 heteroatoms. The van der Waals surface area contributed by atoms with E-state index >= 15 is 0 Å². The average Bonchev–Trinajstić information content (AvgIpc) is 2.43. The largest absolute Gasteiger partial charge is 0.361 e. The highest BCUT2D eigenvalue weighted by molar-refractivity contribution is 5.96. The van der Waals surface area contributed by atoms with Crippen molar-refractivity contribution in [2.24, 2.45) is 0 Å². The van der Waals surface area contributed by atoms with Crippen LogP contribution in [-0.4, -0.2) is 18.5 Å². The standard InChI is InChI=1S/C16H18O2/c1-4-15(17)13(3)16(18-5-2)12-11-14-9-7-6-8-10-14/h6-10,16H,3-5H2,1-2H3. The molecule has 0 radical (unpaired) electrons. The van der Waals surface area contributed by atoms with Crippen LogP contribution in [0.5, 0.6) is 0 Å². The maximum Gasteiger partial charge on any atom is 0.161 e. The first-order valence-corrected chi connectivity index (χ1v) is 6.09. The van der Waals surface area contributed by atoms with Crippen molar-refractivity contribution in [3.05, 3.63) is 48.0 Å². The van der Waals surface area contributed by atoms with Crippen molar-refractivity contribution in [1.29, 1.82) is 0 Å². The summed E-state index contributed by atoms with van der Waals surface area (Å²) in [4.78, 5) is 11.6. The number of hydrogen-bond donors (Lipinski definition) is 0. The number of carbonyl (C=O) groups is 1. The molecule has 0 bridgehead atoms. The van der Waals surface area contributed by atoms with Gasteiger partial charge in [-0.3, -0.25) is 4.79 Å². The predicted octanol–water partition coefficient (Wildman–Crippen LogP) is 2.98. The summed E-state index contributed by atoms with van der Waals surface area (Å²) in [6.07, 6.45) is -0.0854. The lowest BCUT2D eigenvalue weighted by atomic mass is 10.1. The van der Waals surface area contributed by atoms with E-state index in [2.05, 4.69) is 18.4 Å². The van der Waals surface area contributed by atoms with E-state index in [1.165, 1.54) is 0 Å². The second-order valence-corrected chi connectivity index (χ2v) is 3.77. The van der Waals surface area contributed by atoms with Gasteiger partial charge in [0, 0.05) is 24.2 Å². The number of hydrogen-bond acceptors (Lipinski definition) is 2. The van der Waals surface area contributed by atoms with Crippen LogP contribution in [-0.2, 0) is 9.53 Å². The molecule has 0 heterocycles. The molecule has 0 saturated heterocycles. The monoisotopic (exact) mass is 242 g/mol. The molecule has 0 aliphatic carbocycles. The zero-order valence-electron chi connectivity index (χ0n) is 10.9. The van der Waals surface area contributed by atoms with Gasteiger partial charge in [0.15, 0.2) is 5.78 Å². The minimum Gasteiger partial charge on any atom is -0.361 e. The Hall–Kier alpha value is -1.85. The van der Waals surface area contributed by atoms with E-state index in [1.54, 1.807) is 6.92 Å². The van der Waals surface area contributed by atoms with Gasteiger partial charge in [-0.05, 0) is 19.1 Å². The van der Waals surface area contributed by atoms with Crippen molar-refractivity contribution in [2.75, 3.05) is 6.61 Å². The van der Waals surface area contributed by atoms with Gasteiger partial charge in [0.2, 0.25) is 0 Å². The Morgan fingerprint density at radius 1 is 1.33 bits per heavy atom. The van der Waals surface area contributed by atoms with Crippen LogP contribution in [0.3, 0.4) is 0 Å². The molecule has 0 saturated carbocycles. The summed E-state index contributed by atoms with van der Waals surface area (Å²) in [5.41, 5.74) is 1.33. The Labute approximate surface area is 109 Å². The van der Waals surface area contributed by atoms with Gasteiger partial charge in [0.05, 0.1) is 0 Å². The van der Waals surface area contributed by atoms with Crippen molar-refractivity contribution in [1.82, 2.24) is 0 Å². The predicted molar refractivity (Wildman–Crippen MR) is 73.2 cm³/mol. The second-order valence-electron chi connectivity index (χ2n) is 3.77. The maximum absolute atomic E-state index is 11.6. The number of benzene rings is 1. The van der Waals surface area contributed by atoms with Gasteiger partial charge in [-0.2, -0.15) is 0 Å². The molecule has 18 heavy (non-hydrogen) atoms. The molecule has 0 spiro atoms. The number of Topliss-reactive ketones (excluding diaryl/α,β-unsaturated/α-hetero) is 1. The minimum atomic E-state index is -0.511. The summed E-state index contributed by atoms with van der Waals surface area (Å²) in [6, 6.07) is 9.61. The van der Waals surface area contributed by atoms with Gasteiger partial charge < -0.3 is 4.74 Å². The normalized spacial score (nSPS) is 11.2. The van der Waals surface area contributed by atoms with E-state index in [9.17, 15) is 4.79 Å². The first kappa shape index (κ1) is 14.2. The Balaban J connectivity index is 2.84. The third-order valence-corrected chi connectivity index (χ3v) is 2.45. The molecule has 1 rings (SSSR count). The number of rotatable bonds is 5. The highest BCUT2D eigenvalue weighted by Gasteiger charge is 2.15. The third kappa shape index (κ3) is 4.20. The Morgan fingerprint density at radius 3 is 2.56 bits per heavy atom. The van der Waals surface area contributed by atoms with E-state index in [-0.39, 0.29) is 5.78 Å². The molecule has 1 unspecified atom stereocenters. The van der Waals surface area contributed by atoms with Crippen LogP contribution in [0, 0.1) is 11.8 Å². The molecule has 1 atom stereocenters. The SMILES string of the molecule is C=C(C(=O)CC)C(C#Cc1ccccc1)OCC. The lowest BCUT2D eigenvalue weighted by Crippen LogP contribution is -2.19. The molecule has 0 aromatic heterocycles. The molecule has 94 valence electrons. The average molecular weight is 242 g/mol. The Bertz CT molecular complexity index is 463. The van der Waals surface area contributed by atoms with Gasteiger partial charge in [0.1, 0.15) is 6.10 Å². The van der Waals surface area contributed by atoms with Crippen LogP contribution in [0.2, 0.25) is 0 Å². The lowest BCUT2D eigenvalue weighted by molar-refractivity contribution is -0.116. The first-order valence-electron chi connectivity index (χ1n) is 6.09. The Kier molecular flexibility index (Phi) is 5.90. The summed E-state index contributed by atoms with van der Waals surface area (Å²) in [7, 11) is 0.